The molecule has 3 unspecified atom stereocenters. The molecule has 0 bridgehead atoms. The van der Waals surface area contributed by atoms with E-state index in [1.165, 1.54) is 0 Å². The Balaban J connectivity index is 5.63. The van der Waals surface area contributed by atoms with Crippen molar-refractivity contribution in [3.63, 3.8) is 0 Å². The van der Waals surface area contributed by atoms with Gasteiger partial charge in [-0.2, -0.15) is 0 Å². The maximum atomic E-state index is 12.2. The van der Waals surface area contributed by atoms with E-state index >= 15 is 0 Å². The van der Waals surface area contributed by atoms with Gasteiger partial charge in [-0.15, -0.1) is 0 Å². The topological polar surface area (TPSA) is 105 Å². The van der Waals surface area contributed by atoms with Crippen LogP contribution in [0.5, 0.6) is 0 Å². The molecule has 3 atom stereocenters. The summed E-state index contributed by atoms with van der Waals surface area (Å²) in [6.07, 6.45) is 0. The lowest BCUT2D eigenvalue weighted by Gasteiger charge is -2.32. The van der Waals surface area contributed by atoms with E-state index in [0.717, 1.165) is 0 Å². The van der Waals surface area contributed by atoms with E-state index < -0.39 is 29.3 Å². The molecular formula is C19H35B3O8. The molecule has 30 heavy (non-hydrogen) atoms. The Kier molecular flexibility index (Phi) is 12.5. The van der Waals surface area contributed by atoms with E-state index in [0.29, 0.717) is 7.28 Å². The number of hydrogen-bond acceptors (Lipinski definition) is 8. The van der Waals surface area contributed by atoms with E-state index in [1.807, 2.05) is 6.82 Å². The molecule has 0 spiro atoms. The van der Waals surface area contributed by atoms with Gasteiger partial charge >= 0.3 is 23.9 Å². The number of ether oxygens (including phenoxy) is 4. The molecule has 0 saturated heterocycles. The molecule has 0 aliphatic rings. The summed E-state index contributed by atoms with van der Waals surface area (Å²) < 4.78 is 21.5. The molecule has 0 radical (unpaired) electrons. The molecule has 0 amide bonds. The minimum atomic E-state index is -1.21. The van der Waals surface area contributed by atoms with Crippen molar-refractivity contribution < 1.29 is 38.1 Å². The summed E-state index contributed by atoms with van der Waals surface area (Å²) in [6.45, 7) is 9.43. The molecule has 0 aromatic rings. The Morgan fingerprint density at radius 2 is 1.03 bits per heavy atom. The van der Waals surface area contributed by atoms with E-state index in [4.69, 9.17) is 18.9 Å². The van der Waals surface area contributed by atoms with Gasteiger partial charge in [0.05, 0.1) is 5.92 Å². The van der Waals surface area contributed by atoms with E-state index in [-0.39, 0.29) is 49.8 Å². The molecule has 0 aliphatic heterocycles. The lowest BCUT2D eigenvalue weighted by atomic mass is 9.68. The molecule has 168 valence electrons. The Morgan fingerprint density at radius 3 is 1.33 bits per heavy atom. The molecule has 0 saturated carbocycles. The first-order valence-corrected chi connectivity index (χ1v) is 10.5. The van der Waals surface area contributed by atoms with Crippen LogP contribution in [0.15, 0.2) is 0 Å². The lowest BCUT2D eigenvalue weighted by molar-refractivity contribution is -0.171. The second-order valence-electron chi connectivity index (χ2n) is 8.70. The first-order chi connectivity index (χ1) is 13.8. The van der Waals surface area contributed by atoms with Crippen LogP contribution in [0.4, 0.5) is 0 Å². The van der Waals surface area contributed by atoms with Crippen molar-refractivity contribution in [1.82, 2.24) is 0 Å². The zero-order chi connectivity index (χ0) is 23.5. The summed E-state index contributed by atoms with van der Waals surface area (Å²) in [5.74, 6) is -3.25. The lowest BCUT2D eigenvalue weighted by Crippen LogP contribution is -2.44. The van der Waals surface area contributed by atoms with Gasteiger partial charge in [-0.05, 0) is 0 Å². The van der Waals surface area contributed by atoms with Gasteiger partial charge in [-0.25, -0.2) is 0 Å². The van der Waals surface area contributed by atoms with Crippen molar-refractivity contribution in [2.75, 3.05) is 26.4 Å². The van der Waals surface area contributed by atoms with Crippen LogP contribution in [0.1, 0.15) is 34.6 Å². The van der Waals surface area contributed by atoms with Gasteiger partial charge in [-0.3, -0.25) is 19.2 Å². The number of hydrogen-bond donors (Lipinski definition) is 0. The van der Waals surface area contributed by atoms with Crippen molar-refractivity contribution in [3.8, 4) is 0 Å². The summed E-state index contributed by atoms with van der Waals surface area (Å²) in [6, 6.07) is 0. The Hall–Kier alpha value is -1.93. The minimum absolute atomic E-state index is 0.224. The van der Waals surface area contributed by atoms with Gasteiger partial charge in [0.25, 0.3) is 0 Å². The second kappa shape index (κ2) is 13.4. The van der Waals surface area contributed by atoms with Gasteiger partial charge < -0.3 is 18.9 Å². The third kappa shape index (κ3) is 10.2. The highest BCUT2D eigenvalue weighted by Crippen LogP contribution is 2.24. The highest BCUT2D eigenvalue weighted by molar-refractivity contribution is 6.41. The molecule has 0 aromatic carbocycles. The van der Waals surface area contributed by atoms with Crippen molar-refractivity contribution >= 4 is 46.8 Å². The van der Waals surface area contributed by atoms with Crippen LogP contribution in [-0.4, -0.2) is 73.3 Å². The molecule has 11 heteroatoms. The summed E-state index contributed by atoms with van der Waals surface area (Å²) in [5.41, 5.74) is -1.21. The van der Waals surface area contributed by atoms with Crippen LogP contribution in [0, 0.1) is 11.3 Å². The van der Waals surface area contributed by atoms with Crippen molar-refractivity contribution in [1.29, 1.82) is 0 Å². The van der Waals surface area contributed by atoms with Crippen LogP contribution < -0.4 is 0 Å². The Bertz CT molecular complexity index is 533. The van der Waals surface area contributed by atoms with Crippen molar-refractivity contribution in [3.05, 3.63) is 0 Å². The fraction of sp³-hybridized carbons (Fsp3) is 0.789. The zero-order valence-corrected chi connectivity index (χ0v) is 19.6. The van der Waals surface area contributed by atoms with Crippen LogP contribution in [0.2, 0.25) is 24.3 Å². The van der Waals surface area contributed by atoms with E-state index in [1.54, 1.807) is 50.3 Å². The maximum absolute atomic E-state index is 12.2. The van der Waals surface area contributed by atoms with Gasteiger partial charge in [0.15, 0.2) is 0 Å². The number of carbonyl (C=O) groups is 4. The molecular weight excluding hydrogens is 389 g/mol. The molecule has 0 aromatic heterocycles. The summed E-state index contributed by atoms with van der Waals surface area (Å²) in [4.78, 5) is 48.3. The molecule has 0 rings (SSSR count). The maximum Gasteiger partial charge on any atom is 0.308 e. The smallest absolute Gasteiger partial charge is 0.308 e. The van der Waals surface area contributed by atoms with Gasteiger partial charge in [-0.1, -0.05) is 41.4 Å². The van der Waals surface area contributed by atoms with Crippen LogP contribution in [0.3, 0.4) is 0 Å². The van der Waals surface area contributed by atoms with Crippen molar-refractivity contribution in [2.24, 2.45) is 11.3 Å². The molecule has 0 aliphatic carbocycles. The van der Waals surface area contributed by atoms with Crippen molar-refractivity contribution in [2.45, 2.75) is 58.9 Å². The third-order valence-electron chi connectivity index (χ3n) is 4.51. The predicted octanol–water partition coefficient (Wildman–Crippen LogP) is -0.0224. The highest BCUT2D eigenvalue weighted by Gasteiger charge is 2.38. The van der Waals surface area contributed by atoms with E-state index in [2.05, 4.69) is 0 Å². The molecule has 0 heterocycles. The largest absolute Gasteiger partial charge is 0.465 e. The first kappa shape index (κ1) is 28.1. The Labute approximate surface area is 182 Å². The fourth-order valence-corrected chi connectivity index (χ4v) is 1.96. The van der Waals surface area contributed by atoms with Gasteiger partial charge in [0.1, 0.15) is 54.8 Å². The standard InChI is InChI=1S/C19H35B3O8/c1-11(2)15(23)27-7-19(8-28-16(24)12(3)20,9-29-17(25)13(4)21)10-30-18(26)14(5)22-6/h11-14,22H,7-10,20-21H2,1-6H3. The average molecular weight is 424 g/mol. The van der Waals surface area contributed by atoms with E-state index in [9.17, 15) is 19.2 Å². The van der Waals surface area contributed by atoms with Crippen LogP contribution in [-0.2, 0) is 38.1 Å². The predicted molar refractivity (Wildman–Crippen MR) is 119 cm³/mol. The number of rotatable bonds is 13. The van der Waals surface area contributed by atoms with Gasteiger partial charge in [0, 0.05) is 17.5 Å². The second-order valence-corrected chi connectivity index (χ2v) is 8.70. The van der Waals surface area contributed by atoms with Crippen LogP contribution >= 0.6 is 0 Å². The zero-order valence-electron chi connectivity index (χ0n) is 19.6. The monoisotopic (exact) mass is 424 g/mol. The number of carbonyl (C=O) groups excluding carboxylic acids is 4. The summed E-state index contributed by atoms with van der Waals surface area (Å²) in [7, 11) is 3.97. The summed E-state index contributed by atoms with van der Waals surface area (Å²) in [5, 5.41) is 0. The van der Waals surface area contributed by atoms with Gasteiger partial charge in [0.2, 0.25) is 0 Å². The van der Waals surface area contributed by atoms with Crippen LogP contribution in [0.25, 0.3) is 0 Å². The fourth-order valence-electron chi connectivity index (χ4n) is 1.96. The Morgan fingerprint density at radius 1 is 0.700 bits per heavy atom. The average Bonchev–Trinajstić information content (AvgIpc) is 2.70. The minimum Gasteiger partial charge on any atom is -0.465 e. The molecule has 0 N–H and O–H groups in total. The molecule has 8 nitrogen and oxygen atoms in total. The normalized spacial score (nSPS) is 15.8. The number of esters is 4. The SMILES string of the molecule is BC(C)C(=O)OCC(COC(=O)C(B)C)(COC(=O)C(C)C)COC(=O)C(C)BC. The first-order valence-electron chi connectivity index (χ1n) is 10.5. The third-order valence-corrected chi connectivity index (χ3v) is 4.51. The molecule has 0 fully saturated rings. The highest BCUT2D eigenvalue weighted by atomic mass is 16.6. The quantitative estimate of drug-likeness (QED) is 0.231. The summed E-state index contributed by atoms with van der Waals surface area (Å²) >= 11 is 0.